The molecule has 0 saturated heterocycles. The zero-order valence-electron chi connectivity index (χ0n) is 10.4. The zero-order chi connectivity index (χ0) is 13.2. The minimum Gasteiger partial charge on any atom is -0.208 e. The lowest BCUT2D eigenvalue weighted by Crippen LogP contribution is -2.27. The first kappa shape index (κ1) is 13.8. The highest BCUT2D eigenvalue weighted by Gasteiger charge is 2.29. The van der Waals surface area contributed by atoms with Crippen LogP contribution in [0.5, 0.6) is 0 Å². The van der Waals surface area contributed by atoms with Gasteiger partial charge < -0.3 is 0 Å². The van der Waals surface area contributed by atoms with Gasteiger partial charge in [-0.3, -0.25) is 0 Å². The predicted octanol–water partition coefficient (Wildman–Crippen LogP) is 2.69. The van der Waals surface area contributed by atoms with E-state index in [0.717, 1.165) is 24.8 Å². The molecule has 1 atom stereocenters. The Hall–Kier alpha value is -0.580. The van der Waals surface area contributed by atoms with E-state index in [9.17, 15) is 8.42 Å². The summed E-state index contributed by atoms with van der Waals surface area (Å²) in [7, 11) is -3.39. The van der Waals surface area contributed by atoms with E-state index in [1.807, 2.05) is 19.1 Å². The van der Waals surface area contributed by atoms with Crippen LogP contribution >= 0.6 is 11.6 Å². The van der Waals surface area contributed by atoms with Gasteiger partial charge in [0.2, 0.25) is 10.0 Å². The second-order valence-electron chi connectivity index (χ2n) is 4.71. The van der Waals surface area contributed by atoms with Crippen molar-refractivity contribution in [2.75, 3.05) is 0 Å². The van der Waals surface area contributed by atoms with Gasteiger partial charge in [0, 0.05) is 11.4 Å². The lowest BCUT2D eigenvalue weighted by molar-refractivity contribution is 0.579. The quantitative estimate of drug-likeness (QED) is 0.818. The number of rotatable bonds is 6. The summed E-state index contributed by atoms with van der Waals surface area (Å²) in [5, 5.41) is -0.0257. The molecule has 1 aromatic rings. The van der Waals surface area contributed by atoms with E-state index in [2.05, 4.69) is 4.72 Å². The number of hydrogen-bond acceptors (Lipinski definition) is 2. The fourth-order valence-corrected chi connectivity index (χ4v) is 3.52. The third-order valence-electron chi connectivity index (χ3n) is 3.05. The minimum absolute atomic E-state index is 0.0257. The number of halogens is 1. The van der Waals surface area contributed by atoms with E-state index in [-0.39, 0.29) is 11.4 Å². The molecule has 1 N–H and O–H groups in total. The van der Waals surface area contributed by atoms with Crippen molar-refractivity contribution in [1.29, 1.82) is 0 Å². The van der Waals surface area contributed by atoms with E-state index in [1.165, 1.54) is 0 Å². The molecule has 0 spiro atoms. The van der Waals surface area contributed by atoms with Gasteiger partial charge >= 0.3 is 0 Å². The van der Waals surface area contributed by atoms with Crippen LogP contribution in [0, 0.1) is 0 Å². The Balaban J connectivity index is 2.25. The van der Waals surface area contributed by atoms with Gasteiger partial charge in [-0.15, -0.1) is 11.6 Å². The Morgan fingerprint density at radius 2 is 2.06 bits per heavy atom. The fourth-order valence-electron chi connectivity index (χ4n) is 1.80. The van der Waals surface area contributed by atoms with E-state index in [0.29, 0.717) is 11.3 Å². The molecule has 1 unspecified atom stereocenters. The smallest absolute Gasteiger partial charge is 0.208 e. The van der Waals surface area contributed by atoms with Gasteiger partial charge in [-0.1, -0.05) is 25.1 Å². The van der Waals surface area contributed by atoms with Gasteiger partial charge in [0.05, 0.1) is 4.90 Å². The highest BCUT2D eigenvalue weighted by atomic mass is 35.5. The normalized spacial score (nSPS) is 17.7. The van der Waals surface area contributed by atoms with Crippen molar-refractivity contribution < 1.29 is 8.42 Å². The maximum atomic E-state index is 12.2. The largest absolute Gasteiger partial charge is 0.241 e. The summed E-state index contributed by atoms with van der Waals surface area (Å²) < 4.78 is 27.1. The van der Waals surface area contributed by atoms with Crippen LogP contribution < -0.4 is 4.72 Å². The highest BCUT2D eigenvalue weighted by molar-refractivity contribution is 7.89. The van der Waals surface area contributed by atoms with Crippen molar-refractivity contribution in [2.24, 2.45) is 0 Å². The van der Waals surface area contributed by atoms with Crippen LogP contribution in [0.4, 0.5) is 0 Å². The monoisotopic (exact) mass is 287 g/mol. The first-order chi connectivity index (χ1) is 8.53. The molecule has 1 aliphatic rings. The molecule has 0 aromatic heterocycles. The van der Waals surface area contributed by atoms with Crippen LogP contribution in [0.1, 0.15) is 31.7 Å². The molecule has 18 heavy (non-hydrogen) atoms. The fraction of sp³-hybridized carbons (Fsp3) is 0.538. The summed E-state index contributed by atoms with van der Waals surface area (Å²) in [6, 6.07) is 7.22. The molecule has 2 rings (SSSR count). The molecule has 1 aromatic carbocycles. The molecular weight excluding hydrogens is 270 g/mol. The Kier molecular flexibility index (Phi) is 4.30. The van der Waals surface area contributed by atoms with Crippen LogP contribution in [0.3, 0.4) is 0 Å². The van der Waals surface area contributed by atoms with Crippen molar-refractivity contribution in [3.8, 4) is 0 Å². The second-order valence-corrected chi connectivity index (χ2v) is 7.01. The Labute approximate surface area is 114 Å². The van der Waals surface area contributed by atoms with Crippen LogP contribution in [-0.2, 0) is 16.4 Å². The van der Waals surface area contributed by atoms with Crippen molar-refractivity contribution in [1.82, 2.24) is 4.72 Å². The molecule has 3 nitrogen and oxygen atoms in total. The third kappa shape index (κ3) is 3.46. The summed E-state index contributed by atoms with van der Waals surface area (Å²) in [4.78, 5) is 0.371. The van der Waals surface area contributed by atoms with E-state index < -0.39 is 10.0 Å². The minimum atomic E-state index is -3.39. The van der Waals surface area contributed by atoms with E-state index in [1.54, 1.807) is 12.1 Å². The number of hydrogen-bond donors (Lipinski definition) is 1. The molecule has 0 amide bonds. The zero-order valence-corrected chi connectivity index (χ0v) is 12.0. The van der Waals surface area contributed by atoms with Crippen LogP contribution in [0.25, 0.3) is 0 Å². The molecule has 0 heterocycles. The summed E-state index contributed by atoms with van der Waals surface area (Å²) in [5.41, 5.74) is 0.799. The second kappa shape index (κ2) is 5.59. The van der Waals surface area contributed by atoms with Crippen molar-refractivity contribution >= 4 is 21.6 Å². The molecule has 100 valence electrons. The van der Waals surface area contributed by atoms with Crippen molar-refractivity contribution in [3.05, 3.63) is 29.8 Å². The Bertz CT molecular complexity index is 511. The van der Waals surface area contributed by atoms with Gasteiger partial charge in [-0.25, -0.2) is 13.1 Å². The number of alkyl halides is 1. The van der Waals surface area contributed by atoms with Crippen molar-refractivity contribution in [2.45, 2.75) is 48.9 Å². The number of sulfonamides is 1. The van der Waals surface area contributed by atoms with Crippen LogP contribution in [0.2, 0.25) is 0 Å². The topological polar surface area (TPSA) is 46.2 Å². The Morgan fingerprint density at radius 1 is 1.39 bits per heavy atom. The molecule has 1 fully saturated rings. The average Bonchev–Trinajstić information content (AvgIpc) is 3.12. The third-order valence-corrected chi connectivity index (χ3v) is 5.13. The lowest BCUT2D eigenvalue weighted by atomic mass is 10.1. The van der Waals surface area contributed by atoms with Crippen molar-refractivity contribution in [3.63, 3.8) is 0 Å². The van der Waals surface area contributed by atoms with Gasteiger partial charge in [0.15, 0.2) is 0 Å². The molecule has 0 bridgehead atoms. The van der Waals surface area contributed by atoms with Gasteiger partial charge in [-0.2, -0.15) is 0 Å². The summed E-state index contributed by atoms with van der Waals surface area (Å²) in [6.45, 7) is 2.00. The van der Waals surface area contributed by atoms with Gasteiger partial charge in [-0.05, 0) is 37.3 Å². The summed E-state index contributed by atoms with van der Waals surface area (Å²) >= 11 is 6.12. The molecule has 0 aliphatic heterocycles. The maximum Gasteiger partial charge on any atom is 0.241 e. The molecule has 1 saturated carbocycles. The first-order valence-corrected chi connectivity index (χ1v) is 8.19. The molecule has 1 aliphatic carbocycles. The maximum absolute atomic E-state index is 12.2. The standard InChI is InChI=1S/C13H18ClNO2S/c1-2-11(14)9-10-5-3-4-6-13(10)18(16,17)15-12-7-8-12/h3-6,11-12,15H,2,7-9H2,1H3. The highest BCUT2D eigenvalue weighted by Crippen LogP contribution is 2.25. The van der Waals surface area contributed by atoms with Crippen LogP contribution in [-0.4, -0.2) is 19.8 Å². The molecular formula is C13H18ClNO2S. The van der Waals surface area contributed by atoms with Crippen LogP contribution in [0.15, 0.2) is 29.2 Å². The van der Waals surface area contributed by atoms with E-state index >= 15 is 0 Å². The predicted molar refractivity (Wildman–Crippen MR) is 73.4 cm³/mol. The number of benzene rings is 1. The summed E-state index contributed by atoms with van der Waals surface area (Å²) in [5.74, 6) is 0. The van der Waals surface area contributed by atoms with Gasteiger partial charge in [0.25, 0.3) is 0 Å². The number of nitrogens with one attached hydrogen (secondary N) is 1. The van der Waals surface area contributed by atoms with Gasteiger partial charge in [0.1, 0.15) is 0 Å². The SMILES string of the molecule is CCC(Cl)Cc1ccccc1S(=O)(=O)NC1CC1. The first-order valence-electron chi connectivity index (χ1n) is 6.27. The summed E-state index contributed by atoms with van der Waals surface area (Å²) in [6.07, 6.45) is 3.29. The van der Waals surface area contributed by atoms with E-state index in [4.69, 9.17) is 11.6 Å². The lowest BCUT2D eigenvalue weighted by Gasteiger charge is -2.13. The molecule has 0 radical (unpaired) electrons. The Morgan fingerprint density at radius 3 is 2.67 bits per heavy atom. The molecule has 5 heteroatoms. The average molecular weight is 288 g/mol.